The first-order valence-corrected chi connectivity index (χ1v) is 15.9. The van der Waals surface area contributed by atoms with Gasteiger partial charge in [-0.25, -0.2) is 8.42 Å². The summed E-state index contributed by atoms with van der Waals surface area (Å²) in [6, 6.07) is 8.79. The molecule has 6 nitrogen and oxygen atoms in total. The predicted molar refractivity (Wildman–Crippen MR) is 157 cm³/mol. The minimum absolute atomic E-state index is 0.0457. The molecule has 1 aliphatic carbocycles. The van der Waals surface area contributed by atoms with Gasteiger partial charge in [-0.05, 0) is 101 Å². The highest BCUT2D eigenvalue weighted by Crippen LogP contribution is 2.47. The van der Waals surface area contributed by atoms with E-state index in [4.69, 9.17) is 14.2 Å². The quantitative estimate of drug-likeness (QED) is 0.126. The number of benzene rings is 1. The van der Waals surface area contributed by atoms with Gasteiger partial charge in [0, 0.05) is 13.5 Å². The van der Waals surface area contributed by atoms with Crippen LogP contribution < -0.4 is 0 Å². The van der Waals surface area contributed by atoms with E-state index in [1.165, 1.54) is 6.92 Å². The molecular formula is C32H50O6S. The van der Waals surface area contributed by atoms with E-state index >= 15 is 0 Å². The van der Waals surface area contributed by atoms with Gasteiger partial charge in [-0.15, -0.1) is 0 Å². The van der Waals surface area contributed by atoms with E-state index in [-0.39, 0.29) is 23.9 Å². The fraction of sp³-hybridized carbons (Fsp3) is 0.656. The maximum absolute atomic E-state index is 14.5. The Hall–Kier alpha value is -1.96. The summed E-state index contributed by atoms with van der Waals surface area (Å²) < 4.78 is 46.4. The van der Waals surface area contributed by atoms with Crippen LogP contribution in [0.3, 0.4) is 0 Å². The molecule has 0 amide bonds. The molecule has 1 aliphatic rings. The lowest BCUT2D eigenvalue weighted by Crippen LogP contribution is -2.47. The van der Waals surface area contributed by atoms with Crippen LogP contribution in [0.15, 0.2) is 58.0 Å². The van der Waals surface area contributed by atoms with Crippen molar-refractivity contribution in [1.82, 2.24) is 0 Å². The summed E-state index contributed by atoms with van der Waals surface area (Å²) in [4.78, 5) is 11.4. The summed E-state index contributed by atoms with van der Waals surface area (Å²) in [6.07, 6.45) is 6.19. The second-order valence-electron chi connectivity index (χ2n) is 11.6. The molecule has 1 aromatic rings. The number of ether oxygens (including phenoxy) is 3. The average Bonchev–Trinajstić information content (AvgIpc) is 2.85. The van der Waals surface area contributed by atoms with Crippen molar-refractivity contribution in [3.63, 3.8) is 0 Å². The van der Waals surface area contributed by atoms with Crippen LogP contribution in [-0.4, -0.2) is 45.2 Å². The summed E-state index contributed by atoms with van der Waals surface area (Å²) in [6.45, 7) is 16.5. The number of hydrogen-bond acceptors (Lipinski definition) is 6. The molecule has 7 heteroatoms. The molecule has 4 unspecified atom stereocenters. The molecule has 2 rings (SSSR count). The zero-order valence-corrected chi connectivity index (χ0v) is 26.1. The molecule has 39 heavy (non-hydrogen) atoms. The Labute approximate surface area is 237 Å². The smallest absolute Gasteiger partial charge is 0.302 e. The number of sulfone groups is 1. The molecule has 0 N–H and O–H groups in total. The number of esters is 1. The van der Waals surface area contributed by atoms with E-state index in [1.54, 1.807) is 24.3 Å². The molecule has 4 atom stereocenters. The summed E-state index contributed by atoms with van der Waals surface area (Å²) in [7, 11) is -3.77. The molecule has 1 aromatic carbocycles. The monoisotopic (exact) mass is 562 g/mol. The van der Waals surface area contributed by atoms with Crippen molar-refractivity contribution in [2.45, 2.75) is 116 Å². The van der Waals surface area contributed by atoms with Gasteiger partial charge in [0.05, 0.1) is 11.0 Å². The summed E-state index contributed by atoms with van der Waals surface area (Å²) in [5, 5.41) is -0.811. The van der Waals surface area contributed by atoms with Crippen molar-refractivity contribution < 1.29 is 27.4 Å². The Bertz CT molecular complexity index is 1090. The Morgan fingerprint density at radius 3 is 2.38 bits per heavy atom. The highest BCUT2D eigenvalue weighted by atomic mass is 32.2. The summed E-state index contributed by atoms with van der Waals surface area (Å²) in [5.41, 5.74) is 3.03. The second kappa shape index (κ2) is 15.2. The zero-order chi connectivity index (χ0) is 29.2. The average molecular weight is 563 g/mol. The highest BCUT2D eigenvalue weighted by molar-refractivity contribution is 7.92. The van der Waals surface area contributed by atoms with Gasteiger partial charge in [0.1, 0.15) is 11.9 Å². The topological polar surface area (TPSA) is 78.9 Å². The summed E-state index contributed by atoms with van der Waals surface area (Å²) >= 11 is 0. The molecule has 0 heterocycles. The first kappa shape index (κ1) is 33.2. The van der Waals surface area contributed by atoms with E-state index in [0.29, 0.717) is 11.5 Å². The normalized spacial score (nSPS) is 19.3. The van der Waals surface area contributed by atoms with E-state index < -0.39 is 27.5 Å². The van der Waals surface area contributed by atoms with Crippen LogP contribution in [0.25, 0.3) is 0 Å². The third-order valence-electron chi connectivity index (χ3n) is 7.79. The van der Waals surface area contributed by atoms with Crippen molar-refractivity contribution in [3.8, 4) is 0 Å². The molecule has 0 saturated carbocycles. The lowest BCUT2D eigenvalue weighted by molar-refractivity contribution is -0.168. The van der Waals surface area contributed by atoms with Crippen LogP contribution in [0.2, 0.25) is 0 Å². The Morgan fingerprint density at radius 1 is 1.13 bits per heavy atom. The number of allylic oxidation sites excluding steroid dienone is 2. The Morgan fingerprint density at radius 2 is 1.79 bits per heavy atom. The fourth-order valence-electron chi connectivity index (χ4n) is 5.79. The van der Waals surface area contributed by atoms with Crippen LogP contribution >= 0.6 is 0 Å². The molecular weight excluding hydrogens is 512 g/mol. The highest BCUT2D eigenvalue weighted by Gasteiger charge is 2.47. The Balaban J connectivity index is 2.49. The maximum Gasteiger partial charge on any atom is 0.302 e. The third kappa shape index (κ3) is 9.58. The molecule has 0 bridgehead atoms. The van der Waals surface area contributed by atoms with E-state index in [2.05, 4.69) is 27.7 Å². The van der Waals surface area contributed by atoms with Crippen molar-refractivity contribution >= 4 is 15.8 Å². The molecule has 0 aromatic heterocycles. The van der Waals surface area contributed by atoms with Crippen molar-refractivity contribution in [2.75, 3.05) is 13.2 Å². The maximum atomic E-state index is 14.5. The molecule has 0 saturated heterocycles. The molecule has 0 spiro atoms. The molecule has 0 radical (unpaired) electrons. The molecule has 220 valence electrons. The van der Waals surface area contributed by atoms with Crippen LogP contribution in [0.1, 0.15) is 93.9 Å². The van der Waals surface area contributed by atoms with E-state index in [0.717, 1.165) is 55.2 Å². The first-order chi connectivity index (χ1) is 18.3. The minimum atomic E-state index is -3.77. The SMILES string of the molecule is CCOC(C)OC(C(C)CCC/C(C)=C/COC(C)=O)C(C1=C(C)CCCC1(C)C)S(=O)(=O)c1ccccc1. The van der Waals surface area contributed by atoms with Gasteiger partial charge in [0.25, 0.3) is 0 Å². The van der Waals surface area contributed by atoms with Gasteiger partial charge in [-0.1, -0.05) is 50.1 Å². The van der Waals surface area contributed by atoms with Crippen LogP contribution in [0.5, 0.6) is 0 Å². The van der Waals surface area contributed by atoms with Gasteiger partial charge >= 0.3 is 5.97 Å². The Kier molecular flexibility index (Phi) is 12.9. The largest absolute Gasteiger partial charge is 0.462 e. The summed E-state index contributed by atoms with van der Waals surface area (Å²) in [5.74, 6) is -0.340. The van der Waals surface area contributed by atoms with Gasteiger partial charge in [-0.2, -0.15) is 0 Å². The van der Waals surface area contributed by atoms with E-state index in [9.17, 15) is 13.2 Å². The number of carbonyl (C=O) groups excluding carboxylic acids is 1. The van der Waals surface area contributed by atoms with Crippen molar-refractivity contribution in [1.29, 1.82) is 0 Å². The van der Waals surface area contributed by atoms with Crippen molar-refractivity contribution in [3.05, 3.63) is 53.1 Å². The molecule has 0 aliphatic heterocycles. The second-order valence-corrected chi connectivity index (χ2v) is 13.6. The number of carbonyl (C=O) groups is 1. The van der Waals surface area contributed by atoms with Crippen LogP contribution in [0, 0.1) is 11.3 Å². The van der Waals surface area contributed by atoms with Crippen LogP contribution in [-0.2, 0) is 28.8 Å². The number of rotatable bonds is 15. The fourth-order valence-corrected chi connectivity index (χ4v) is 8.14. The number of hydrogen-bond donors (Lipinski definition) is 0. The van der Waals surface area contributed by atoms with Gasteiger partial charge in [0.2, 0.25) is 0 Å². The van der Waals surface area contributed by atoms with Gasteiger partial charge < -0.3 is 14.2 Å². The first-order valence-electron chi connectivity index (χ1n) is 14.4. The molecule has 0 fully saturated rings. The minimum Gasteiger partial charge on any atom is -0.462 e. The van der Waals surface area contributed by atoms with Gasteiger partial charge in [-0.3, -0.25) is 4.79 Å². The predicted octanol–water partition coefficient (Wildman–Crippen LogP) is 7.44. The van der Waals surface area contributed by atoms with Crippen LogP contribution in [0.4, 0.5) is 0 Å². The third-order valence-corrected chi connectivity index (χ3v) is 9.89. The van der Waals surface area contributed by atoms with E-state index in [1.807, 2.05) is 32.9 Å². The van der Waals surface area contributed by atoms with Gasteiger partial charge in [0.15, 0.2) is 16.1 Å². The lowest BCUT2D eigenvalue weighted by Gasteiger charge is -2.43. The lowest BCUT2D eigenvalue weighted by atomic mass is 9.70. The standard InChI is InChI=1S/C32H50O6S/c1-9-36-27(6)38-30(25(4)16-13-15-23(2)20-22-37-26(5)33)31(29-24(3)17-14-21-32(29,7)8)39(34,35)28-18-11-10-12-19-28/h10-12,18-20,25,27,30-31H,9,13-17,21-22H2,1-8H3/b23-20+. The van der Waals surface area contributed by atoms with Crippen molar-refractivity contribution in [2.24, 2.45) is 11.3 Å². The zero-order valence-electron chi connectivity index (χ0n) is 25.3.